The highest BCUT2D eigenvalue weighted by Gasteiger charge is 2.28. The van der Waals surface area contributed by atoms with Gasteiger partial charge in [-0.05, 0) is 37.1 Å². The molecular formula is C16H21N3O3S. The first-order valence-electron chi connectivity index (χ1n) is 7.65. The first-order valence-corrected chi connectivity index (χ1v) is 9.50. The fourth-order valence-corrected chi connectivity index (χ4v) is 3.93. The number of amides is 1. The largest absolute Gasteiger partial charge is 0.351 e. The Kier molecular flexibility index (Phi) is 4.16. The van der Waals surface area contributed by atoms with Crippen molar-refractivity contribution in [3.63, 3.8) is 0 Å². The fraction of sp³-hybridized carbons (Fsp3) is 0.438. The number of fused-ring (bicyclic) bond motifs is 1. The first-order chi connectivity index (χ1) is 10.8. The fourth-order valence-electron chi connectivity index (χ4n) is 3.05. The molecule has 2 heterocycles. The number of aromatic nitrogens is 1. The van der Waals surface area contributed by atoms with Crippen LogP contribution in [0, 0.1) is 5.92 Å². The van der Waals surface area contributed by atoms with Gasteiger partial charge in [0, 0.05) is 48.8 Å². The maximum atomic E-state index is 12.4. The van der Waals surface area contributed by atoms with Crippen molar-refractivity contribution in [3.8, 4) is 0 Å². The average Bonchev–Trinajstić information content (AvgIpc) is 2.87. The summed E-state index contributed by atoms with van der Waals surface area (Å²) in [5.74, 6) is -0.173. The number of carbonyl (C=O) groups excluding carboxylic acids is 1. The number of benzene rings is 1. The Morgan fingerprint density at radius 2 is 1.91 bits per heavy atom. The number of carbonyl (C=O) groups is 1. The van der Waals surface area contributed by atoms with Crippen molar-refractivity contribution < 1.29 is 13.2 Å². The molecule has 0 saturated carbocycles. The lowest BCUT2D eigenvalue weighted by Crippen LogP contribution is -2.40. The third-order valence-electron chi connectivity index (χ3n) is 4.45. The second kappa shape index (κ2) is 5.98. The summed E-state index contributed by atoms with van der Waals surface area (Å²) in [6, 6.07) is 7.84. The third-order valence-corrected chi connectivity index (χ3v) is 5.75. The van der Waals surface area contributed by atoms with Crippen molar-refractivity contribution in [2.24, 2.45) is 13.0 Å². The Morgan fingerprint density at radius 1 is 1.22 bits per heavy atom. The highest BCUT2D eigenvalue weighted by Crippen LogP contribution is 2.23. The molecule has 2 aromatic rings. The summed E-state index contributed by atoms with van der Waals surface area (Å²) in [6.45, 7) is 0.823. The van der Waals surface area contributed by atoms with Crippen molar-refractivity contribution in [1.82, 2.24) is 8.87 Å². The number of rotatable bonds is 3. The molecular weight excluding hydrogens is 314 g/mol. The lowest BCUT2D eigenvalue weighted by molar-refractivity contribution is -0.120. The Balaban J connectivity index is 1.65. The van der Waals surface area contributed by atoms with E-state index in [0.29, 0.717) is 25.9 Å². The van der Waals surface area contributed by atoms with Crippen molar-refractivity contribution in [1.29, 1.82) is 0 Å². The van der Waals surface area contributed by atoms with E-state index in [1.54, 1.807) is 0 Å². The highest BCUT2D eigenvalue weighted by atomic mass is 32.2. The number of hydrogen-bond acceptors (Lipinski definition) is 3. The summed E-state index contributed by atoms with van der Waals surface area (Å²) in [4.78, 5) is 12.4. The lowest BCUT2D eigenvalue weighted by atomic mass is 9.97. The molecule has 1 N–H and O–H groups in total. The predicted octanol–water partition coefficient (Wildman–Crippen LogP) is 1.79. The molecule has 1 aliphatic rings. The van der Waals surface area contributed by atoms with Gasteiger partial charge in [0.1, 0.15) is 0 Å². The molecule has 0 bridgehead atoms. The van der Waals surface area contributed by atoms with Gasteiger partial charge < -0.3 is 9.88 Å². The normalized spacial score (nSPS) is 17.5. The molecule has 0 atom stereocenters. The Labute approximate surface area is 136 Å². The molecule has 124 valence electrons. The second-order valence-corrected chi connectivity index (χ2v) is 8.11. The van der Waals surface area contributed by atoms with Crippen LogP contribution in [0.2, 0.25) is 0 Å². The van der Waals surface area contributed by atoms with Crippen molar-refractivity contribution >= 4 is 32.5 Å². The Bertz CT molecular complexity index is 833. The molecule has 1 aromatic carbocycles. The molecule has 6 nitrogen and oxygen atoms in total. The van der Waals surface area contributed by atoms with Gasteiger partial charge in [-0.3, -0.25) is 4.79 Å². The molecule has 1 aliphatic heterocycles. The monoisotopic (exact) mass is 335 g/mol. The van der Waals surface area contributed by atoms with E-state index >= 15 is 0 Å². The Hall–Kier alpha value is -1.86. The first kappa shape index (κ1) is 16.0. The zero-order chi connectivity index (χ0) is 16.6. The third kappa shape index (κ3) is 3.40. The molecule has 0 radical (unpaired) electrons. The van der Waals surface area contributed by atoms with Crippen LogP contribution in [0.15, 0.2) is 30.5 Å². The van der Waals surface area contributed by atoms with Crippen LogP contribution in [0.4, 0.5) is 5.69 Å². The van der Waals surface area contributed by atoms with Gasteiger partial charge in [-0.25, -0.2) is 12.7 Å². The van der Waals surface area contributed by atoms with E-state index in [1.165, 1.54) is 10.6 Å². The number of anilines is 1. The molecule has 0 aliphatic carbocycles. The molecule has 1 amide bonds. The van der Waals surface area contributed by atoms with Gasteiger partial charge in [-0.15, -0.1) is 0 Å². The van der Waals surface area contributed by atoms with Gasteiger partial charge >= 0.3 is 0 Å². The molecule has 1 fully saturated rings. The number of aryl methyl sites for hydroxylation is 1. The predicted molar refractivity (Wildman–Crippen MR) is 90.7 cm³/mol. The number of piperidine rings is 1. The molecule has 1 saturated heterocycles. The van der Waals surface area contributed by atoms with Crippen molar-refractivity contribution in [3.05, 3.63) is 30.5 Å². The standard InChI is InChI=1S/C16H21N3O3S/c1-18-8-5-13-11-14(3-4-15(13)18)17-16(20)12-6-9-19(10-7-12)23(2,21)22/h3-5,8,11-12H,6-7,9-10H2,1-2H3,(H,17,20). The minimum absolute atomic E-state index is 0.0339. The summed E-state index contributed by atoms with van der Waals surface area (Å²) < 4.78 is 26.5. The Morgan fingerprint density at radius 3 is 2.57 bits per heavy atom. The van der Waals surface area contributed by atoms with Gasteiger partial charge in [0.05, 0.1) is 6.26 Å². The number of nitrogens with one attached hydrogen (secondary N) is 1. The van der Waals surface area contributed by atoms with Gasteiger partial charge in [0.2, 0.25) is 15.9 Å². The van der Waals surface area contributed by atoms with Gasteiger partial charge in [0.25, 0.3) is 0 Å². The van der Waals surface area contributed by atoms with Crippen LogP contribution in [0.3, 0.4) is 0 Å². The lowest BCUT2D eigenvalue weighted by Gasteiger charge is -2.29. The second-order valence-electron chi connectivity index (χ2n) is 6.13. The molecule has 7 heteroatoms. The van der Waals surface area contributed by atoms with Crippen LogP contribution < -0.4 is 5.32 Å². The molecule has 1 aromatic heterocycles. The van der Waals surface area contributed by atoms with E-state index in [4.69, 9.17) is 0 Å². The maximum Gasteiger partial charge on any atom is 0.227 e. The van der Waals surface area contributed by atoms with E-state index in [1.807, 2.05) is 42.1 Å². The van der Waals surface area contributed by atoms with E-state index in [-0.39, 0.29) is 11.8 Å². The minimum Gasteiger partial charge on any atom is -0.351 e. The minimum atomic E-state index is -3.16. The number of hydrogen-bond donors (Lipinski definition) is 1. The van der Waals surface area contributed by atoms with Crippen LogP contribution in [-0.4, -0.2) is 42.5 Å². The number of sulfonamides is 1. The zero-order valence-electron chi connectivity index (χ0n) is 13.3. The van der Waals surface area contributed by atoms with Crippen LogP contribution in [0.25, 0.3) is 10.9 Å². The summed E-state index contributed by atoms with van der Waals surface area (Å²) in [5, 5.41) is 4.03. The maximum absolute atomic E-state index is 12.4. The van der Waals surface area contributed by atoms with Gasteiger partial charge in [0.15, 0.2) is 0 Å². The summed E-state index contributed by atoms with van der Waals surface area (Å²) in [6.07, 6.45) is 4.32. The van der Waals surface area contributed by atoms with Crippen molar-refractivity contribution in [2.45, 2.75) is 12.8 Å². The quantitative estimate of drug-likeness (QED) is 0.929. The summed E-state index contributed by atoms with van der Waals surface area (Å²) in [5.41, 5.74) is 1.89. The van der Waals surface area contributed by atoms with E-state index in [0.717, 1.165) is 16.6 Å². The van der Waals surface area contributed by atoms with Gasteiger partial charge in [-0.2, -0.15) is 0 Å². The molecule has 0 unspecified atom stereocenters. The molecule has 0 spiro atoms. The van der Waals surface area contributed by atoms with E-state index in [2.05, 4.69) is 5.32 Å². The van der Waals surface area contributed by atoms with Crippen LogP contribution in [0.1, 0.15) is 12.8 Å². The highest BCUT2D eigenvalue weighted by molar-refractivity contribution is 7.88. The van der Waals surface area contributed by atoms with E-state index < -0.39 is 10.0 Å². The summed E-state index contributed by atoms with van der Waals surface area (Å²) in [7, 11) is -1.17. The topological polar surface area (TPSA) is 71.4 Å². The number of nitrogens with zero attached hydrogens (tertiary/aromatic N) is 2. The van der Waals surface area contributed by atoms with Crippen LogP contribution in [-0.2, 0) is 21.9 Å². The smallest absolute Gasteiger partial charge is 0.227 e. The molecule has 3 rings (SSSR count). The average molecular weight is 335 g/mol. The van der Waals surface area contributed by atoms with E-state index in [9.17, 15) is 13.2 Å². The summed E-state index contributed by atoms with van der Waals surface area (Å²) >= 11 is 0. The van der Waals surface area contributed by atoms with Gasteiger partial charge in [-0.1, -0.05) is 0 Å². The zero-order valence-corrected chi connectivity index (χ0v) is 14.1. The van der Waals surface area contributed by atoms with Crippen LogP contribution >= 0.6 is 0 Å². The SMILES string of the molecule is Cn1ccc2cc(NC(=O)C3CCN(S(C)(=O)=O)CC3)ccc21. The molecule has 23 heavy (non-hydrogen) atoms. The van der Waals surface area contributed by atoms with Crippen molar-refractivity contribution in [2.75, 3.05) is 24.7 Å². The van der Waals surface area contributed by atoms with Crippen LogP contribution in [0.5, 0.6) is 0 Å².